The number of amides is 2. The lowest BCUT2D eigenvalue weighted by Gasteiger charge is -2.34. The van der Waals surface area contributed by atoms with Crippen molar-refractivity contribution < 1.29 is 18.0 Å². The molecule has 0 spiro atoms. The van der Waals surface area contributed by atoms with Gasteiger partial charge >= 0.3 is 6.03 Å². The molecule has 3 aromatic rings. The molecule has 192 valence electrons. The second-order valence-corrected chi connectivity index (χ2v) is 10.1. The lowest BCUT2D eigenvalue weighted by Crippen LogP contribution is -2.49. The Morgan fingerprint density at radius 2 is 1.69 bits per heavy atom. The summed E-state index contributed by atoms with van der Waals surface area (Å²) in [5, 5.41) is 4.13. The van der Waals surface area contributed by atoms with Crippen molar-refractivity contribution in [3.63, 3.8) is 0 Å². The first-order valence-corrected chi connectivity index (χ1v) is 13.0. The van der Waals surface area contributed by atoms with E-state index in [0.29, 0.717) is 19.0 Å². The maximum atomic E-state index is 14.7. The van der Waals surface area contributed by atoms with E-state index in [9.17, 15) is 18.0 Å². The largest absolute Gasteiger partial charge is 0.361 e. The number of urea groups is 1. The van der Waals surface area contributed by atoms with E-state index in [1.165, 1.54) is 41.1 Å². The zero-order valence-electron chi connectivity index (χ0n) is 20.4. The number of fused-ring (bicyclic) bond motifs is 1. The van der Waals surface area contributed by atoms with Crippen molar-refractivity contribution in [3.8, 4) is 0 Å². The normalized spacial score (nSPS) is 18.0. The zero-order chi connectivity index (χ0) is 25.1. The third kappa shape index (κ3) is 5.53. The second-order valence-electron chi connectivity index (χ2n) is 10.1. The Labute approximate surface area is 209 Å². The summed E-state index contributed by atoms with van der Waals surface area (Å²) in [5.74, 6) is -1.27. The van der Waals surface area contributed by atoms with E-state index in [1.54, 1.807) is 0 Å². The Bertz CT molecular complexity index is 1200. The molecule has 8 heteroatoms. The van der Waals surface area contributed by atoms with Gasteiger partial charge in [0.25, 0.3) is 0 Å². The van der Waals surface area contributed by atoms with Crippen LogP contribution in [0.5, 0.6) is 0 Å². The van der Waals surface area contributed by atoms with Gasteiger partial charge < -0.3 is 15.2 Å². The summed E-state index contributed by atoms with van der Waals surface area (Å²) in [5.41, 5.74) is 2.13. The monoisotopic (exact) mass is 498 g/mol. The molecule has 1 aromatic heterocycles. The van der Waals surface area contributed by atoms with Crippen LogP contribution in [-0.2, 0) is 0 Å². The van der Waals surface area contributed by atoms with Crippen molar-refractivity contribution in [2.24, 2.45) is 0 Å². The van der Waals surface area contributed by atoms with E-state index in [1.807, 2.05) is 12.3 Å². The minimum Gasteiger partial charge on any atom is -0.361 e. The van der Waals surface area contributed by atoms with Crippen molar-refractivity contribution in [3.05, 3.63) is 65.6 Å². The van der Waals surface area contributed by atoms with Crippen molar-refractivity contribution in [1.82, 2.24) is 15.2 Å². The maximum absolute atomic E-state index is 14.7. The molecule has 0 bridgehead atoms. The molecule has 2 fully saturated rings. The van der Waals surface area contributed by atoms with Crippen molar-refractivity contribution in [2.45, 2.75) is 56.9 Å². The van der Waals surface area contributed by atoms with Gasteiger partial charge in [-0.1, -0.05) is 19.3 Å². The topological polar surface area (TPSA) is 51.4 Å². The minimum atomic E-state index is -0.733. The average Bonchev–Trinajstić information content (AvgIpc) is 3.29. The molecule has 36 heavy (non-hydrogen) atoms. The third-order valence-electron chi connectivity index (χ3n) is 7.72. The molecule has 2 aromatic carbocycles. The molecule has 2 heterocycles. The van der Waals surface area contributed by atoms with Crippen molar-refractivity contribution in [2.75, 3.05) is 31.1 Å². The van der Waals surface area contributed by atoms with Gasteiger partial charge in [0.2, 0.25) is 0 Å². The number of benzene rings is 2. The predicted octanol–water partition coefficient (Wildman–Crippen LogP) is 6.31. The molecule has 1 aliphatic carbocycles. The number of nitrogens with zero attached hydrogens (tertiary/aromatic N) is 2. The Balaban J connectivity index is 1.22. The summed E-state index contributed by atoms with van der Waals surface area (Å²) in [7, 11) is 0. The van der Waals surface area contributed by atoms with Gasteiger partial charge in [-0.3, -0.25) is 4.90 Å². The molecule has 1 saturated carbocycles. The van der Waals surface area contributed by atoms with Crippen LogP contribution in [-0.4, -0.2) is 48.1 Å². The number of aromatic nitrogens is 1. The number of aromatic amines is 1. The summed E-state index contributed by atoms with van der Waals surface area (Å²) >= 11 is 0. The molecule has 0 radical (unpaired) electrons. The third-order valence-corrected chi connectivity index (χ3v) is 7.72. The fourth-order valence-electron chi connectivity index (χ4n) is 5.70. The van der Waals surface area contributed by atoms with E-state index in [-0.39, 0.29) is 23.6 Å². The van der Waals surface area contributed by atoms with Gasteiger partial charge in [0, 0.05) is 42.3 Å². The van der Waals surface area contributed by atoms with Crippen LogP contribution >= 0.6 is 0 Å². The summed E-state index contributed by atoms with van der Waals surface area (Å²) in [6.07, 6.45) is 9.07. The lowest BCUT2D eigenvalue weighted by molar-refractivity contribution is 0.212. The SMILES string of the molecule is O=C(NC1CCCCC1)N(CCN1CCC(c2c[nH]c3cc(F)ccc23)CC1)c1ccc(F)cc1F. The zero-order valence-corrected chi connectivity index (χ0v) is 20.4. The van der Waals surface area contributed by atoms with Crippen LogP contribution in [0.1, 0.15) is 56.4 Å². The molecular weight excluding hydrogens is 465 g/mol. The molecule has 2 aliphatic rings. The van der Waals surface area contributed by atoms with Crippen LogP contribution in [0.4, 0.5) is 23.7 Å². The lowest BCUT2D eigenvalue weighted by atomic mass is 9.89. The number of H-pyrrole nitrogens is 1. The number of nitrogens with one attached hydrogen (secondary N) is 2. The first-order valence-electron chi connectivity index (χ1n) is 13.0. The van der Waals surface area contributed by atoms with E-state index in [4.69, 9.17) is 0 Å². The molecule has 5 rings (SSSR count). The second kappa shape index (κ2) is 10.9. The number of anilines is 1. The number of carbonyl (C=O) groups is 1. The highest BCUT2D eigenvalue weighted by atomic mass is 19.1. The van der Waals surface area contributed by atoms with Crippen molar-refractivity contribution in [1.29, 1.82) is 0 Å². The Hall–Kier alpha value is -3.00. The fraction of sp³-hybridized carbons (Fsp3) is 0.464. The molecule has 0 atom stereocenters. The van der Waals surface area contributed by atoms with Gasteiger partial charge in [-0.05, 0) is 80.6 Å². The number of hydrogen-bond acceptors (Lipinski definition) is 2. The van der Waals surface area contributed by atoms with E-state index in [2.05, 4.69) is 15.2 Å². The first kappa shape index (κ1) is 24.7. The molecule has 2 N–H and O–H groups in total. The van der Waals surface area contributed by atoms with Crippen molar-refractivity contribution >= 4 is 22.6 Å². The van der Waals surface area contributed by atoms with E-state index in [0.717, 1.165) is 68.6 Å². The standard InChI is InChI=1S/C28H33F3N4O/c29-20-7-9-27(25(31)16-20)35(28(36)33-22-4-2-1-3-5-22)15-14-34-12-10-19(11-13-34)24-18-32-26-17-21(30)6-8-23(24)26/h6-9,16-19,22,32H,1-5,10-15H2,(H,33,36). The van der Waals surface area contributed by atoms with Crippen LogP contribution in [0.15, 0.2) is 42.6 Å². The maximum Gasteiger partial charge on any atom is 0.322 e. The number of likely N-dealkylation sites (tertiary alicyclic amines) is 1. The number of piperidine rings is 1. The van der Waals surface area contributed by atoms with Gasteiger partial charge in [-0.15, -0.1) is 0 Å². The van der Waals surface area contributed by atoms with Gasteiger partial charge in [0.1, 0.15) is 17.5 Å². The quantitative estimate of drug-likeness (QED) is 0.418. The molecule has 1 saturated heterocycles. The van der Waals surface area contributed by atoms with Gasteiger partial charge in [0.15, 0.2) is 0 Å². The predicted molar refractivity (Wildman–Crippen MR) is 136 cm³/mol. The minimum absolute atomic E-state index is 0.0950. The average molecular weight is 499 g/mol. The summed E-state index contributed by atoms with van der Waals surface area (Å²) in [6.45, 7) is 2.61. The van der Waals surface area contributed by atoms with Crippen LogP contribution in [0, 0.1) is 17.5 Å². The van der Waals surface area contributed by atoms with Crippen LogP contribution in [0.2, 0.25) is 0 Å². The molecule has 0 unspecified atom stereocenters. The van der Waals surface area contributed by atoms with Gasteiger partial charge in [-0.2, -0.15) is 0 Å². The van der Waals surface area contributed by atoms with Crippen LogP contribution in [0.25, 0.3) is 10.9 Å². The number of hydrogen-bond donors (Lipinski definition) is 2. The molecule has 5 nitrogen and oxygen atoms in total. The smallest absolute Gasteiger partial charge is 0.322 e. The highest BCUT2D eigenvalue weighted by Crippen LogP contribution is 2.33. The highest BCUT2D eigenvalue weighted by molar-refractivity contribution is 5.92. The molecule has 1 aliphatic heterocycles. The van der Waals surface area contributed by atoms with Crippen LogP contribution in [0.3, 0.4) is 0 Å². The summed E-state index contributed by atoms with van der Waals surface area (Å²) in [6, 6.07) is 7.99. The Morgan fingerprint density at radius 1 is 0.972 bits per heavy atom. The number of halogens is 3. The van der Waals surface area contributed by atoms with E-state index < -0.39 is 11.6 Å². The van der Waals surface area contributed by atoms with Crippen LogP contribution < -0.4 is 10.2 Å². The summed E-state index contributed by atoms with van der Waals surface area (Å²) in [4.78, 5) is 20.1. The Kier molecular flexibility index (Phi) is 7.51. The summed E-state index contributed by atoms with van der Waals surface area (Å²) < 4.78 is 41.8. The van der Waals surface area contributed by atoms with Gasteiger partial charge in [0.05, 0.1) is 5.69 Å². The fourth-order valence-corrected chi connectivity index (χ4v) is 5.70. The molecule has 2 amide bonds. The number of rotatable bonds is 6. The Morgan fingerprint density at radius 3 is 2.44 bits per heavy atom. The van der Waals surface area contributed by atoms with E-state index >= 15 is 0 Å². The molecular formula is C28H33F3N4O. The van der Waals surface area contributed by atoms with Gasteiger partial charge in [-0.25, -0.2) is 18.0 Å². The highest BCUT2D eigenvalue weighted by Gasteiger charge is 2.26. The first-order chi connectivity index (χ1) is 17.5. The number of carbonyl (C=O) groups excluding carboxylic acids is 1.